The van der Waals surface area contributed by atoms with Crippen molar-refractivity contribution in [2.75, 3.05) is 13.2 Å². The van der Waals surface area contributed by atoms with Gasteiger partial charge in [0.15, 0.2) is 11.9 Å². The van der Waals surface area contributed by atoms with Gasteiger partial charge in [0.1, 0.15) is 18.2 Å². The van der Waals surface area contributed by atoms with E-state index in [9.17, 15) is 14.0 Å². The Balaban J connectivity index is 1.62. The van der Waals surface area contributed by atoms with Crippen molar-refractivity contribution >= 4 is 17.6 Å². The first-order chi connectivity index (χ1) is 20.6. The predicted molar refractivity (Wildman–Crippen MR) is 159 cm³/mol. The molecule has 0 fully saturated rings. The molecule has 2 aromatic carbocycles. The highest BCUT2D eigenvalue weighted by Crippen LogP contribution is 2.25. The van der Waals surface area contributed by atoms with E-state index in [2.05, 4.69) is 20.6 Å². The second-order valence-electron chi connectivity index (χ2n) is 10.1. The van der Waals surface area contributed by atoms with Gasteiger partial charge in [0.25, 0.3) is 5.91 Å². The number of benzene rings is 2. The average Bonchev–Trinajstić information content (AvgIpc) is 3.50. The third-order valence-electron chi connectivity index (χ3n) is 6.26. The van der Waals surface area contributed by atoms with Crippen molar-refractivity contribution in [3.05, 3.63) is 77.1 Å². The van der Waals surface area contributed by atoms with Crippen LogP contribution in [0.3, 0.4) is 0 Å². The van der Waals surface area contributed by atoms with Gasteiger partial charge in [-0.25, -0.2) is 4.39 Å². The molecule has 0 saturated carbocycles. The summed E-state index contributed by atoms with van der Waals surface area (Å²) < 4.78 is 31.2. The molecule has 0 radical (unpaired) electrons. The van der Waals surface area contributed by atoms with Crippen LogP contribution in [0.4, 0.5) is 4.39 Å². The number of hydrogen-bond donors (Lipinski definition) is 2. The molecule has 11 nitrogen and oxygen atoms in total. The van der Waals surface area contributed by atoms with E-state index >= 15 is 0 Å². The summed E-state index contributed by atoms with van der Waals surface area (Å²) in [7, 11) is 0. The monoisotopic (exact) mass is 595 g/mol. The van der Waals surface area contributed by atoms with Crippen LogP contribution in [0.15, 0.2) is 64.0 Å². The zero-order valence-corrected chi connectivity index (χ0v) is 25.2. The van der Waals surface area contributed by atoms with E-state index in [0.29, 0.717) is 40.9 Å². The van der Waals surface area contributed by atoms with Crippen molar-refractivity contribution in [2.24, 2.45) is 10.9 Å². The molecule has 1 aromatic heterocycles. The first-order valence-corrected chi connectivity index (χ1v) is 14.0. The molecule has 0 saturated heterocycles. The van der Waals surface area contributed by atoms with E-state index < -0.39 is 29.8 Å². The van der Waals surface area contributed by atoms with Crippen LogP contribution in [-0.2, 0) is 14.4 Å². The van der Waals surface area contributed by atoms with Gasteiger partial charge in [-0.15, -0.1) is 0 Å². The Kier molecular flexibility index (Phi) is 11.9. The van der Waals surface area contributed by atoms with E-state index in [1.165, 1.54) is 12.1 Å². The van der Waals surface area contributed by atoms with Crippen molar-refractivity contribution in [3.8, 4) is 17.1 Å². The maximum absolute atomic E-state index is 14.8. The predicted octanol–water partition coefficient (Wildman–Crippen LogP) is 5.12. The van der Waals surface area contributed by atoms with Gasteiger partial charge < -0.3 is 29.9 Å². The minimum Gasteiger partial charge on any atom is -0.482 e. The summed E-state index contributed by atoms with van der Waals surface area (Å²) in [5.41, 5.74) is 6.66. The Hall–Kier alpha value is -4.58. The Morgan fingerprint density at radius 1 is 1.16 bits per heavy atom. The molecular weight excluding hydrogens is 557 g/mol. The molecule has 3 N–H and O–H groups in total. The van der Waals surface area contributed by atoms with Crippen molar-refractivity contribution in [1.82, 2.24) is 15.5 Å². The van der Waals surface area contributed by atoms with Gasteiger partial charge in [-0.3, -0.25) is 9.59 Å². The molecule has 3 aromatic rings. The molecule has 0 spiro atoms. The summed E-state index contributed by atoms with van der Waals surface area (Å²) in [6.07, 6.45) is 1.92. The third kappa shape index (κ3) is 9.20. The molecule has 0 aliphatic heterocycles. The first-order valence-electron chi connectivity index (χ1n) is 14.0. The number of nitrogens with two attached hydrogens (primary N) is 1. The number of hydrogen-bond acceptors (Lipinski definition) is 10. The maximum atomic E-state index is 14.8. The molecule has 12 heteroatoms. The second kappa shape index (κ2) is 15.6. The molecule has 3 rings (SSSR count). The van der Waals surface area contributed by atoms with E-state index in [1.54, 1.807) is 26.0 Å². The fraction of sp³-hybridized carbons (Fsp3) is 0.387. The quantitative estimate of drug-likeness (QED) is 0.112. The largest absolute Gasteiger partial charge is 0.482 e. The van der Waals surface area contributed by atoms with E-state index in [1.807, 2.05) is 52.0 Å². The maximum Gasteiger partial charge on any atom is 0.319 e. The number of aromatic nitrogens is 2. The lowest BCUT2D eigenvalue weighted by Gasteiger charge is -2.19. The summed E-state index contributed by atoms with van der Waals surface area (Å²) in [5.74, 6) is 0.349. The number of ether oxygens (including phenoxy) is 2. The van der Waals surface area contributed by atoms with Gasteiger partial charge in [0.2, 0.25) is 11.7 Å². The molecule has 0 aliphatic carbocycles. The molecule has 0 aliphatic rings. The van der Waals surface area contributed by atoms with E-state index in [4.69, 9.17) is 24.6 Å². The third-order valence-corrected chi connectivity index (χ3v) is 6.26. The highest BCUT2D eigenvalue weighted by Gasteiger charge is 2.19. The molecule has 1 heterocycles. The number of nitrogens with one attached hydrogen (secondary N) is 1. The fourth-order valence-electron chi connectivity index (χ4n) is 3.79. The van der Waals surface area contributed by atoms with Gasteiger partial charge in [0.05, 0.1) is 23.9 Å². The SMILES string of the molecule is CC=C(O/N=C(\C)c1ccc(C(=O)N[C@H](C)COC(=O)CN)c(F)c1)C(CC)Oc1ccc(-c2noc(C(C)C)n2)cc1. The Morgan fingerprint density at radius 3 is 2.47 bits per heavy atom. The highest BCUT2D eigenvalue weighted by atomic mass is 19.1. The molecular formula is C31H38FN5O6. The van der Waals surface area contributed by atoms with Crippen LogP contribution in [0.1, 0.15) is 75.7 Å². The van der Waals surface area contributed by atoms with Crippen molar-refractivity contribution in [1.29, 1.82) is 0 Å². The second-order valence-corrected chi connectivity index (χ2v) is 10.1. The van der Waals surface area contributed by atoms with E-state index in [-0.39, 0.29) is 24.6 Å². The van der Waals surface area contributed by atoms with Gasteiger partial charge >= 0.3 is 5.97 Å². The lowest BCUT2D eigenvalue weighted by atomic mass is 10.1. The zero-order valence-electron chi connectivity index (χ0n) is 25.2. The van der Waals surface area contributed by atoms with Crippen molar-refractivity contribution < 1.29 is 32.8 Å². The summed E-state index contributed by atoms with van der Waals surface area (Å²) in [5, 5.41) is 10.8. The number of rotatable bonds is 14. The number of carbonyl (C=O) groups excluding carboxylic acids is 2. The number of oxime groups is 1. The molecule has 43 heavy (non-hydrogen) atoms. The number of carbonyl (C=O) groups is 2. The van der Waals surface area contributed by atoms with Crippen LogP contribution in [0.25, 0.3) is 11.4 Å². The highest BCUT2D eigenvalue weighted by molar-refractivity contribution is 6.00. The van der Waals surface area contributed by atoms with Crippen molar-refractivity contribution in [3.63, 3.8) is 0 Å². The van der Waals surface area contributed by atoms with Gasteiger partial charge in [-0.2, -0.15) is 4.98 Å². The van der Waals surface area contributed by atoms with Crippen LogP contribution in [0, 0.1) is 5.82 Å². The summed E-state index contributed by atoms with van der Waals surface area (Å²) in [6, 6.07) is 10.9. The Labute approximate surface area is 250 Å². The topological polar surface area (TPSA) is 151 Å². The zero-order chi connectivity index (χ0) is 31.5. The van der Waals surface area contributed by atoms with Gasteiger partial charge in [-0.05, 0) is 69.7 Å². The number of halogens is 1. The van der Waals surface area contributed by atoms with Crippen LogP contribution in [-0.4, -0.2) is 53.0 Å². The van der Waals surface area contributed by atoms with Gasteiger partial charge in [-0.1, -0.05) is 37.1 Å². The Bertz CT molecular complexity index is 1450. The summed E-state index contributed by atoms with van der Waals surface area (Å²) in [4.78, 5) is 33.8. The van der Waals surface area contributed by atoms with Crippen LogP contribution in [0.5, 0.6) is 5.75 Å². The minimum absolute atomic E-state index is 0.0783. The Morgan fingerprint density at radius 2 is 1.88 bits per heavy atom. The molecule has 230 valence electrons. The number of nitrogens with zero attached hydrogens (tertiary/aromatic N) is 3. The van der Waals surface area contributed by atoms with Crippen molar-refractivity contribution in [2.45, 2.75) is 66.0 Å². The standard InChI is InChI=1S/C31H38FN5O6/c1-7-26(41-23-12-9-21(10-13-23)29-35-31(18(3)4)43-37-29)27(8-2)42-36-20(6)22-11-14-24(25(32)15-22)30(39)34-19(5)17-40-28(38)16-33/h8-15,18-19,26H,7,16-17,33H2,1-6H3,(H,34,39)/b27-8?,36-20+/t19-,26?/m1/s1. The summed E-state index contributed by atoms with van der Waals surface area (Å²) >= 11 is 0. The first kappa shape index (κ1) is 32.9. The number of esters is 1. The lowest BCUT2D eigenvalue weighted by Crippen LogP contribution is -2.37. The number of allylic oxidation sites excluding steroid dienone is 1. The number of amides is 1. The minimum atomic E-state index is -0.735. The fourth-order valence-corrected chi connectivity index (χ4v) is 3.79. The normalized spacial score (nSPS) is 13.4. The molecule has 1 amide bonds. The van der Waals surface area contributed by atoms with Gasteiger partial charge in [0, 0.05) is 17.0 Å². The molecule has 2 atom stereocenters. The lowest BCUT2D eigenvalue weighted by molar-refractivity contribution is -0.142. The smallest absolute Gasteiger partial charge is 0.319 e. The van der Waals surface area contributed by atoms with Crippen LogP contribution in [0.2, 0.25) is 0 Å². The van der Waals surface area contributed by atoms with Crippen LogP contribution < -0.4 is 15.8 Å². The summed E-state index contributed by atoms with van der Waals surface area (Å²) in [6.45, 7) is 10.7. The average molecular weight is 596 g/mol. The van der Waals surface area contributed by atoms with Crippen LogP contribution >= 0.6 is 0 Å². The molecule has 0 bridgehead atoms. The van der Waals surface area contributed by atoms with E-state index in [0.717, 1.165) is 5.56 Å². The molecule has 1 unspecified atom stereocenters.